The molecular weight excluding hydrogens is 331 g/mol. The fourth-order valence-corrected chi connectivity index (χ4v) is 1.65. The largest absolute Gasteiger partial charge is 0.471 e. The first-order valence-corrected chi connectivity index (χ1v) is 5.84. The number of halogens is 4. The number of carbonyl (C=O) groups is 1. The van der Waals surface area contributed by atoms with Crippen molar-refractivity contribution in [3.63, 3.8) is 0 Å². The Kier molecular flexibility index (Phi) is 4.04. The highest BCUT2D eigenvalue weighted by molar-refractivity contribution is 6.31. The van der Waals surface area contributed by atoms with Crippen molar-refractivity contribution in [2.24, 2.45) is 0 Å². The lowest BCUT2D eigenvalue weighted by Gasteiger charge is -2.04. The van der Waals surface area contributed by atoms with Gasteiger partial charge in [0, 0.05) is 11.1 Å². The van der Waals surface area contributed by atoms with E-state index in [0.717, 1.165) is 12.3 Å². The van der Waals surface area contributed by atoms with E-state index in [9.17, 15) is 28.1 Å². The van der Waals surface area contributed by atoms with Gasteiger partial charge in [-0.25, -0.2) is 4.98 Å². The van der Waals surface area contributed by atoms with Crippen molar-refractivity contribution in [1.29, 1.82) is 0 Å². The zero-order chi connectivity index (χ0) is 16.5. The molecule has 1 amide bonds. The third-order valence-corrected chi connectivity index (χ3v) is 2.62. The van der Waals surface area contributed by atoms with Gasteiger partial charge in [-0.05, 0) is 12.1 Å². The molecule has 0 saturated carbocycles. The molecule has 116 valence electrons. The molecule has 0 unspecified atom stereocenters. The molecule has 0 bridgehead atoms. The van der Waals surface area contributed by atoms with E-state index >= 15 is 0 Å². The smallest absolute Gasteiger partial charge is 0.420 e. The Morgan fingerprint density at radius 3 is 2.68 bits per heavy atom. The monoisotopic (exact) mass is 335 g/mol. The van der Waals surface area contributed by atoms with Crippen molar-refractivity contribution in [2.45, 2.75) is 6.18 Å². The van der Waals surface area contributed by atoms with Crippen LogP contribution >= 0.6 is 11.6 Å². The summed E-state index contributed by atoms with van der Waals surface area (Å²) in [6, 6.07) is 3.52. The standard InChI is InChI=1S/C11H5ClF3N3O4/c12-5-1-2-7(18(20)21)6(3-5)9-16-4-8(22-9)17-10(19)11(13,14)15/h1-4H,(H,17,19). The Labute approximate surface area is 124 Å². The van der Waals surface area contributed by atoms with Crippen molar-refractivity contribution in [3.8, 4) is 11.5 Å². The fourth-order valence-electron chi connectivity index (χ4n) is 1.48. The molecule has 7 nitrogen and oxygen atoms in total. The summed E-state index contributed by atoms with van der Waals surface area (Å²) in [4.78, 5) is 24.5. The number of nitrogens with zero attached hydrogens (tertiary/aromatic N) is 2. The molecule has 0 atom stereocenters. The first-order chi connectivity index (χ1) is 10.2. The molecular formula is C11H5ClF3N3O4. The Morgan fingerprint density at radius 1 is 1.41 bits per heavy atom. The number of nitrogens with one attached hydrogen (secondary N) is 1. The molecule has 11 heteroatoms. The average Bonchev–Trinajstić information content (AvgIpc) is 2.85. The second-order valence-corrected chi connectivity index (χ2v) is 4.34. The molecule has 0 spiro atoms. The van der Waals surface area contributed by atoms with E-state index in [2.05, 4.69) is 4.98 Å². The van der Waals surface area contributed by atoms with Gasteiger partial charge in [-0.1, -0.05) is 11.6 Å². The van der Waals surface area contributed by atoms with E-state index < -0.39 is 28.6 Å². The van der Waals surface area contributed by atoms with Gasteiger partial charge >= 0.3 is 12.1 Å². The molecule has 2 aromatic rings. The number of benzene rings is 1. The second-order valence-electron chi connectivity index (χ2n) is 3.90. The van der Waals surface area contributed by atoms with E-state index in [4.69, 9.17) is 16.0 Å². The molecule has 2 rings (SSSR count). The zero-order valence-electron chi connectivity index (χ0n) is 10.3. The van der Waals surface area contributed by atoms with Crippen molar-refractivity contribution in [3.05, 3.63) is 39.5 Å². The van der Waals surface area contributed by atoms with Crippen molar-refractivity contribution in [1.82, 2.24) is 4.98 Å². The number of anilines is 1. The first-order valence-electron chi connectivity index (χ1n) is 5.47. The van der Waals surface area contributed by atoms with E-state index in [1.807, 2.05) is 0 Å². The molecule has 0 fully saturated rings. The second kappa shape index (κ2) is 5.64. The van der Waals surface area contributed by atoms with Crippen LogP contribution in [0.2, 0.25) is 5.02 Å². The summed E-state index contributed by atoms with van der Waals surface area (Å²) in [5.41, 5.74) is -0.537. The summed E-state index contributed by atoms with van der Waals surface area (Å²) in [7, 11) is 0. The van der Waals surface area contributed by atoms with Crippen LogP contribution in [0.4, 0.5) is 24.7 Å². The number of hydrogen-bond donors (Lipinski definition) is 1. The highest BCUT2D eigenvalue weighted by Gasteiger charge is 2.39. The molecule has 22 heavy (non-hydrogen) atoms. The molecule has 0 aliphatic rings. The third kappa shape index (κ3) is 3.34. The number of aromatic nitrogens is 1. The number of oxazole rings is 1. The number of alkyl halides is 3. The summed E-state index contributed by atoms with van der Waals surface area (Å²) in [6.07, 6.45) is -4.31. The van der Waals surface area contributed by atoms with Gasteiger partial charge in [0.2, 0.25) is 11.8 Å². The third-order valence-electron chi connectivity index (χ3n) is 2.39. The Balaban J connectivity index is 2.35. The number of hydrogen-bond acceptors (Lipinski definition) is 5. The molecule has 0 aliphatic carbocycles. The first kappa shape index (κ1) is 15.8. The van der Waals surface area contributed by atoms with Gasteiger partial charge in [-0.3, -0.25) is 20.2 Å². The van der Waals surface area contributed by atoms with Crippen LogP contribution in [0.1, 0.15) is 0 Å². The van der Waals surface area contributed by atoms with E-state index in [-0.39, 0.29) is 16.5 Å². The number of rotatable bonds is 3. The number of nitro groups is 1. The minimum absolute atomic E-state index is 0.134. The van der Waals surface area contributed by atoms with Crippen molar-refractivity contribution >= 4 is 29.1 Å². The predicted octanol–water partition coefficient (Wildman–Crippen LogP) is 3.40. The summed E-state index contributed by atoms with van der Waals surface area (Å²) >= 11 is 5.71. The molecule has 0 aliphatic heterocycles. The normalized spacial score (nSPS) is 11.3. The molecule has 1 heterocycles. The molecule has 0 radical (unpaired) electrons. The maximum Gasteiger partial charge on any atom is 0.471 e. The lowest BCUT2D eigenvalue weighted by atomic mass is 10.2. The number of carbonyl (C=O) groups excluding carboxylic acids is 1. The maximum atomic E-state index is 12.1. The van der Waals surface area contributed by atoms with Crippen LogP contribution in [0, 0.1) is 10.1 Å². The topological polar surface area (TPSA) is 98.3 Å². The summed E-state index contributed by atoms with van der Waals surface area (Å²) in [5, 5.41) is 12.5. The lowest BCUT2D eigenvalue weighted by Crippen LogP contribution is -2.29. The molecule has 1 aromatic heterocycles. The predicted molar refractivity (Wildman–Crippen MR) is 68.3 cm³/mol. The Hall–Kier alpha value is -2.62. The van der Waals surface area contributed by atoms with E-state index in [0.29, 0.717) is 0 Å². The quantitative estimate of drug-likeness (QED) is 0.684. The van der Waals surface area contributed by atoms with E-state index in [1.54, 1.807) is 0 Å². The maximum absolute atomic E-state index is 12.1. The number of amides is 1. The molecule has 1 N–H and O–H groups in total. The zero-order valence-corrected chi connectivity index (χ0v) is 11.1. The van der Waals surface area contributed by atoms with Gasteiger partial charge in [-0.15, -0.1) is 0 Å². The van der Waals surface area contributed by atoms with Crippen molar-refractivity contribution < 1.29 is 27.3 Å². The fraction of sp³-hybridized carbons (Fsp3) is 0.0909. The highest BCUT2D eigenvalue weighted by Crippen LogP contribution is 2.33. The summed E-state index contributed by atoms with van der Waals surface area (Å²) in [6.45, 7) is 0. The minimum Gasteiger partial charge on any atom is -0.420 e. The van der Waals surface area contributed by atoms with Crippen LogP contribution in [-0.4, -0.2) is 22.0 Å². The molecule has 0 saturated heterocycles. The van der Waals surface area contributed by atoms with Crippen LogP contribution < -0.4 is 5.32 Å². The SMILES string of the molecule is O=C(Nc1cnc(-c2cc(Cl)ccc2[N+](=O)[O-])o1)C(F)(F)F. The van der Waals surface area contributed by atoms with Gasteiger partial charge < -0.3 is 4.42 Å². The Bertz CT molecular complexity index is 744. The van der Waals surface area contributed by atoms with Crippen molar-refractivity contribution in [2.75, 3.05) is 5.32 Å². The van der Waals surface area contributed by atoms with Crippen LogP contribution in [0.3, 0.4) is 0 Å². The lowest BCUT2D eigenvalue weighted by molar-refractivity contribution is -0.384. The van der Waals surface area contributed by atoms with Crippen LogP contribution in [-0.2, 0) is 4.79 Å². The average molecular weight is 336 g/mol. The van der Waals surface area contributed by atoms with Crippen LogP contribution in [0.15, 0.2) is 28.8 Å². The minimum atomic E-state index is -5.10. The molecule has 1 aromatic carbocycles. The van der Waals surface area contributed by atoms with Gasteiger partial charge in [0.15, 0.2) is 0 Å². The van der Waals surface area contributed by atoms with Crippen LogP contribution in [0.25, 0.3) is 11.5 Å². The van der Waals surface area contributed by atoms with Gasteiger partial charge in [0.1, 0.15) is 5.56 Å². The number of nitro benzene ring substituents is 1. The van der Waals surface area contributed by atoms with Gasteiger partial charge in [0.05, 0.1) is 11.1 Å². The van der Waals surface area contributed by atoms with Gasteiger partial charge in [-0.2, -0.15) is 13.2 Å². The Morgan fingerprint density at radius 2 is 2.09 bits per heavy atom. The van der Waals surface area contributed by atoms with E-state index in [1.165, 1.54) is 17.4 Å². The highest BCUT2D eigenvalue weighted by atomic mass is 35.5. The summed E-state index contributed by atoms with van der Waals surface area (Å²) in [5.74, 6) is -3.21. The summed E-state index contributed by atoms with van der Waals surface area (Å²) < 4.78 is 41.2. The van der Waals surface area contributed by atoms with Crippen LogP contribution in [0.5, 0.6) is 0 Å². The van der Waals surface area contributed by atoms with Gasteiger partial charge in [0.25, 0.3) is 5.69 Å².